The van der Waals surface area contributed by atoms with Crippen molar-refractivity contribution in [2.24, 2.45) is 0 Å². The normalized spacial score (nSPS) is 36.2. The summed E-state index contributed by atoms with van der Waals surface area (Å²) in [4.78, 5) is 10.8. The van der Waals surface area contributed by atoms with Crippen molar-refractivity contribution in [3.63, 3.8) is 0 Å². The maximum absolute atomic E-state index is 10.8. The summed E-state index contributed by atoms with van der Waals surface area (Å²) in [6, 6.07) is 0. The van der Waals surface area contributed by atoms with E-state index in [2.05, 4.69) is 5.92 Å². The Bertz CT molecular complexity index is 281. The first kappa shape index (κ1) is 10.3. The molecule has 0 saturated carbocycles. The lowest BCUT2D eigenvalue weighted by Crippen LogP contribution is -2.33. The van der Waals surface area contributed by atoms with Crippen LogP contribution >= 0.6 is 0 Å². The van der Waals surface area contributed by atoms with Gasteiger partial charge in [0, 0.05) is 0 Å². The van der Waals surface area contributed by atoms with Crippen LogP contribution in [0.3, 0.4) is 0 Å². The van der Waals surface area contributed by atoms with Crippen molar-refractivity contribution in [3.8, 4) is 12.3 Å². The van der Waals surface area contributed by atoms with Gasteiger partial charge in [-0.2, -0.15) is 0 Å². The van der Waals surface area contributed by atoms with Gasteiger partial charge in [0.2, 0.25) is 0 Å². The third kappa shape index (κ3) is 2.42. The number of rotatable bonds is 1. The summed E-state index contributed by atoms with van der Waals surface area (Å²) < 4.78 is 15.4. The van der Waals surface area contributed by atoms with Crippen molar-refractivity contribution in [1.82, 2.24) is 0 Å². The summed E-state index contributed by atoms with van der Waals surface area (Å²) in [6.45, 7) is 0.279. The molecule has 0 unspecified atom stereocenters. The van der Waals surface area contributed by atoms with Crippen molar-refractivity contribution in [2.45, 2.75) is 44.0 Å². The zero-order valence-corrected chi connectivity index (χ0v) is 8.48. The lowest BCUT2D eigenvalue weighted by molar-refractivity contribution is -0.0445. The van der Waals surface area contributed by atoms with E-state index in [-0.39, 0.29) is 24.9 Å². The zero-order valence-electron chi connectivity index (χ0n) is 8.48. The summed E-state index contributed by atoms with van der Waals surface area (Å²) in [7, 11) is 0. The van der Waals surface area contributed by atoms with Gasteiger partial charge < -0.3 is 14.2 Å². The van der Waals surface area contributed by atoms with Crippen LogP contribution in [0, 0.1) is 12.3 Å². The Kier molecular flexibility index (Phi) is 3.12. The van der Waals surface area contributed by atoms with Crippen LogP contribution < -0.4 is 0 Å². The molecule has 2 fully saturated rings. The molecule has 0 aromatic rings. The van der Waals surface area contributed by atoms with Gasteiger partial charge in [-0.3, -0.25) is 0 Å². The Morgan fingerprint density at radius 3 is 2.73 bits per heavy atom. The van der Waals surface area contributed by atoms with Crippen LogP contribution in [0.5, 0.6) is 0 Å². The number of hydrogen-bond donors (Lipinski definition) is 0. The molecule has 2 saturated heterocycles. The Balaban J connectivity index is 1.95. The molecular formula is C11H14O4. The molecule has 0 N–H and O–H groups in total. The highest BCUT2D eigenvalue weighted by Gasteiger charge is 2.35. The largest absolute Gasteiger partial charge is 0.508 e. The molecule has 0 aromatic carbocycles. The number of hydrogen-bond acceptors (Lipinski definition) is 4. The van der Waals surface area contributed by atoms with Crippen LogP contribution in [0.1, 0.15) is 25.7 Å². The van der Waals surface area contributed by atoms with E-state index in [4.69, 9.17) is 20.6 Å². The Morgan fingerprint density at radius 2 is 2.07 bits per heavy atom. The fraction of sp³-hybridized carbons (Fsp3) is 0.727. The molecule has 4 nitrogen and oxygen atoms in total. The standard InChI is InChI=1S/C11H14O4/c1-2-8-5-3-4-6-9(14-8)10-7-13-11(12)15-10/h1,8-10H,3-7H2/t8-,9-,10+/m0/s1. The smallest absolute Gasteiger partial charge is 0.430 e. The summed E-state index contributed by atoms with van der Waals surface area (Å²) in [6.07, 6.45) is 8.06. The molecule has 4 heteroatoms. The monoisotopic (exact) mass is 210 g/mol. The van der Waals surface area contributed by atoms with Crippen LogP contribution in [0.4, 0.5) is 4.79 Å². The topological polar surface area (TPSA) is 44.8 Å². The number of terminal acetylenes is 1. The lowest BCUT2D eigenvalue weighted by Gasteiger charge is -2.21. The fourth-order valence-electron chi connectivity index (χ4n) is 1.94. The Labute approximate surface area is 88.9 Å². The highest BCUT2D eigenvalue weighted by molar-refractivity contribution is 5.61. The van der Waals surface area contributed by atoms with Crippen molar-refractivity contribution in [2.75, 3.05) is 6.61 Å². The van der Waals surface area contributed by atoms with E-state index in [9.17, 15) is 4.79 Å². The number of carbonyl (C=O) groups is 1. The highest BCUT2D eigenvalue weighted by atomic mass is 16.8. The first-order chi connectivity index (χ1) is 7.29. The van der Waals surface area contributed by atoms with Crippen LogP contribution in [-0.4, -0.2) is 31.1 Å². The Morgan fingerprint density at radius 1 is 1.27 bits per heavy atom. The van der Waals surface area contributed by atoms with E-state index >= 15 is 0 Å². The van der Waals surface area contributed by atoms with Crippen molar-refractivity contribution in [1.29, 1.82) is 0 Å². The second-order valence-corrected chi connectivity index (χ2v) is 3.83. The summed E-state index contributed by atoms with van der Waals surface area (Å²) in [5, 5.41) is 0. The van der Waals surface area contributed by atoms with Gasteiger partial charge in [-0.1, -0.05) is 12.3 Å². The minimum Gasteiger partial charge on any atom is -0.430 e. The molecule has 82 valence electrons. The molecule has 0 aromatic heterocycles. The van der Waals surface area contributed by atoms with Crippen molar-refractivity contribution < 1.29 is 19.0 Å². The predicted molar refractivity (Wildman–Crippen MR) is 52.2 cm³/mol. The first-order valence-electron chi connectivity index (χ1n) is 5.24. The number of ether oxygens (including phenoxy) is 3. The van der Waals surface area contributed by atoms with E-state index in [1.54, 1.807) is 0 Å². The summed E-state index contributed by atoms with van der Waals surface area (Å²) in [5.41, 5.74) is 0. The second kappa shape index (κ2) is 4.54. The van der Waals surface area contributed by atoms with Crippen molar-refractivity contribution in [3.05, 3.63) is 0 Å². The Hall–Kier alpha value is -1.21. The molecule has 2 heterocycles. The maximum Gasteiger partial charge on any atom is 0.508 e. The quantitative estimate of drug-likeness (QED) is 0.486. The molecule has 0 radical (unpaired) electrons. The SMILES string of the molecule is C#C[C@H]1CCCC[C@@H]([C@H]2COC(=O)O2)O1. The summed E-state index contributed by atoms with van der Waals surface area (Å²) in [5.74, 6) is 2.61. The summed E-state index contributed by atoms with van der Waals surface area (Å²) >= 11 is 0. The average molecular weight is 210 g/mol. The van der Waals surface area contributed by atoms with Gasteiger partial charge in [-0.25, -0.2) is 4.79 Å². The van der Waals surface area contributed by atoms with Crippen LogP contribution in [0.15, 0.2) is 0 Å². The molecule has 2 aliphatic heterocycles. The predicted octanol–water partition coefficient (Wildman–Crippen LogP) is 1.48. The van der Waals surface area contributed by atoms with Gasteiger partial charge in [0.05, 0.1) is 6.10 Å². The molecule has 15 heavy (non-hydrogen) atoms. The highest BCUT2D eigenvalue weighted by Crippen LogP contribution is 2.24. The van der Waals surface area contributed by atoms with Gasteiger partial charge in [0.1, 0.15) is 12.7 Å². The van der Waals surface area contributed by atoms with Gasteiger partial charge in [-0.05, 0) is 19.3 Å². The fourth-order valence-corrected chi connectivity index (χ4v) is 1.94. The van der Waals surface area contributed by atoms with Crippen LogP contribution in [-0.2, 0) is 14.2 Å². The van der Waals surface area contributed by atoms with Crippen LogP contribution in [0.25, 0.3) is 0 Å². The van der Waals surface area contributed by atoms with E-state index in [0.29, 0.717) is 0 Å². The molecule has 2 rings (SSSR count). The third-order valence-corrected chi connectivity index (χ3v) is 2.76. The molecule has 2 aliphatic rings. The second-order valence-electron chi connectivity index (χ2n) is 3.83. The van der Waals surface area contributed by atoms with Gasteiger partial charge in [-0.15, -0.1) is 6.42 Å². The lowest BCUT2D eigenvalue weighted by atomic mass is 10.1. The third-order valence-electron chi connectivity index (χ3n) is 2.76. The van der Waals surface area contributed by atoms with Crippen molar-refractivity contribution >= 4 is 6.16 Å². The van der Waals surface area contributed by atoms with E-state index in [1.165, 1.54) is 0 Å². The number of cyclic esters (lactones) is 2. The zero-order chi connectivity index (χ0) is 10.7. The first-order valence-corrected chi connectivity index (χ1v) is 5.24. The average Bonchev–Trinajstić information content (AvgIpc) is 2.54. The minimum absolute atomic E-state index is 0.111. The molecule has 3 atom stereocenters. The van der Waals surface area contributed by atoms with Gasteiger partial charge in [0.25, 0.3) is 0 Å². The maximum atomic E-state index is 10.8. The van der Waals surface area contributed by atoms with E-state index < -0.39 is 6.16 Å². The van der Waals surface area contributed by atoms with E-state index in [1.807, 2.05) is 0 Å². The van der Waals surface area contributed by atoms with E-state index in [0.717, 1.165) is 25.7 Å². The molecule has 0 bridgehead atoms. The molecule has 0 spiro atoms. The van der Waals surface area contributed by atoms with Gasteiger partial charge >= 0.3 is 6.16 Å². The number of carbonyl (C=O) groups excluding carboxylic acids is 1. The molecule has 0 aliphatic carbocycles. The van der Waals surface area contributed by atoms with Crippen LogP contribution in [0.2, 0.25) is 0 Å². The molecule has 0 amide bonds. The van der Waals surface area contributed by atoms with Gasteiger partial charge in [0.15, 0.2) is 6.10 Å². The minimum atomic E-state index is -0.606. The molecular weight excluding hydrogens is 196 g/mol.